The molecule has 2 heterocycles. The van der Waals surface area contributed by atoms with Crippen LogP contribution < -0.4 is 10.1 Å². The van der Waals surface area contributed by atoms with Crippen LogP contribution >= 0.6 is 0 Å². The maximum absolute atomic E-state index is 13.4. The number of carboxylic acid groups (broad SMARTS) is 1. The Morgan fingerprint density at radius 2 is 1.79 bits per heavy atom. The van der Waals surface area contributed by atoms with Crippen molar-refractivity contribution >= 4 is 21.7 Å². The molecule has 0 radical (unpaired) electrons. The van der Waals surface area contributed by atoms with Crippen LogP contribution in [0, 0.1) is 6.92 Å². The third-order valence-corrected chi connectivity index (χ3v) is 8.24. The molecule has 4 aromatic rings. The number of para-hydroxylation sites is 1. The number of fused-ring (bicyclic) bond motifs is 1. The first-order valence-corrected chi connectivity index (χ1v) is 14.0. The lowest BCUT2D eigenvalue weighted by atomic mass is 10.0. The molecule has 5 rings (SSSR count). The van der Waals surface area contributed by atoms with Crippen molar-refractivity contribution in [2.45, 2.75) is 38.3 Å². The monoisotopic (exact) mass is 549 g/mol. The minimum Gasteiger partial charge on any atom is -0.487 e. The Labute approximate surface area is 228 Å². The summed E-state index contributed by atoms with van der Waals surface area (Å²) in [6.07, 6.45) is 2.30. The number of sulfonamides is 1. The summed E-state index contributed by atoms with van der Waals surface area (Å²) >= 11 is 0. The van der Waals surface area contributed by atoms with E-state index in [-0.39, 0.29) is 13.2 Å². The van der Waals surface area contributed by atoms with Crippen LogP contribution in [-0.4, -0.2) is 40.7 Å². The van der Waals surface area contributed by atoms with Gasteiger partial charge in [0.05, 0.1) is 0 Å². The molecule has 1 aliphatic rings. The lowest BCUT2D eigenvalue weighted by Crippen LogP contribution is -2.45. The van der Waals surface area contributed by atoms with E-state index in [0.717, 1.165) is 15.6 Å². The van der Waals surface area contributed by atoms with Crippen LogP contribution in [0.1, 0.15) is 29.0 Å². The first kappa shape index (κ1) is 27.9. The maximum atomic E-state index is 13.4. The number of rotatable bonds is 9. The van der Waals surface area contributed by atoms with Crippen LogP contribution in [0.5, 0.6) is 5.75 Å². The second-order valence-electron chi connectivity index (χ2n) is 8.98. The van der Waals surface area contributed by atoms with E-state index >= 15 is 0 Å². The number of hydrogen-bond acceptors (Lipinski definition) is 7. The molecule has 1 aliphatic heterocycles. The summed E-state index contributed by atoms with van der Waals surface area (Å²) in [5.74, 6) is -0.0394. The predicted molar refractivity (Wildman–Crippen MR) is 148 cm³/mol. The molecule has 2 N–H and O–H groups in total. The van der Waals surface area contributed by atoms with E-state index in [1.807, 2.05) is 60.7 Å². The zero-order chi connectivity index (χ0) is 27.7. The summed E-state index contributed by atoms with van der Waals surface area (Å²) in [5, 5.41) is 11.5. The highest BCUT2D eigenvalue weighted by atomic mass is 32.2. The Morgan fingerprint density at radius 3 is 2.46 bits per heavy atom. The Morgan fingerprint density at radius 1 is 1.08 bits per heavy atom. The summed E-state index contributed by atoms with van der Waals surface area (Å²) in [7, 11) is -3.95. The van der Waals surface area contributed by atoms with E-state index in [0.29, 0.717) is 35.6 Å². The Balaban J connectivity index is 0.000000519. The fourth-order valence-corrected chi connectivity index (χ4v) is 5.81. The summed E-state index contributed by atoms with van der Waals surface area (Å²) in [4.78, 5) is 15.6. The van der Waals surface area contributed by atoms with Crippen LogP contribution in [0.25, 0.3) is 0 Å². The van der Waals surface area contributed by atoms with E-state index in [1.165, 1.54) is 6.39 Å². The fraction of sp³-hybridized carbons (Fsp3) is 0.241. The van der Waals surface area contributed by atoms with Crippen molar-refractivity contribution in [2.75, 3.05) is 11.9 Å². The number of carbonyl (C=O) groups is 1. The number of nitrogens with one attached hydrogen (secondary N) is 1. The minimum atomic E-state index is -3.95. The van der Waals surface area contributed by atoms with Gasteiger partial charge in [-0.25, -0.2) is 13.4 Å². The van der Waals surface area contributed by atoms with Gasteiger partial charge in [-0.3, -0.25) is 4.79 Å². The minimum absolute atomic E-state index is 0.0886. The van der Waals surface area contributed by atoms with Crippen molar-refractivity contribution in [2.24, 2.45) is 0 Å². The number of carboxylic acids is 1. The molecule has 3 aromatic carbocycles. The van der Waals surface area contributed by atoms with Crippen LogP contribution in [-0.2, 0) is 34.4 Å². The first-order valence-electron chi connectivity index (χ1n) is 12.5. The van der Waals surface area contributed by atoms with Gasteiger partial charge in [0, 0.05) is 12.2 Å². The summed E-state index contributed by atoms with van der Waals surface area (Å²) in [6, 6.07) is 26.4. The van der Waals surface area contributed by atoms with Crippen molar-refractivity contribution in [1.29, 1.82) is 0 Å². The lowest BCUT2D eigenvalue weighted by molar-refractivity contribution is -0.137. The number of hydrogen-bond donors (Lipinski definition) is 2. The van der Waals surface area contributed by atoms with Gasteiger partial charge in [-0.05, 0) is 49.1 Å². The largest absolute Gasteiger partial charge is 0.487 e. The number of nitrogens with zero attached hydrogens (tertiary/aromatic N) is 2. The molecule has 0 spiro atoms. The molecule has 39 heavy (non-hydrogen) atoms. The van der Waals surface area contributed by atoms with E-state index in [9.17, 15) is 18.3 Å². The third kappa shape index (κ3) is 7.68. The number of aryl methyl sites for hydroxylation is 2. The van der Waals surface area contributed by atoms with Gasteiger partial charge in [-0.2, -0.15) is 4.31 Å². The molecule has 0 bridgehead atoms. The average Bonchev–Trinajstić information content (AvgIpc) is 3.37. The van der Waals surface area contributed by atoms with E-state index in [4.69, 9.17) is 9.15 Å². The average molecular weight is 550 g/mol. The van der Waals surface area contributed by atoms with Gasteiger partial charge in [0.1, 0.15) is 35.7 Å². The highest BCUT2D eigenvalue weighted by Gasteiger charge is 2.35. The van der Waals surface area contributed by atoms with Crippen molar-refractivity contribution < 1.29 is 27.5 Å². The van der Waals surface area contributed by atoms with Gasteiger partial charge in [0.15, 0.2) is 6.39 Å². The third-order valence-electron chi connectivity index (χ3n) is 6.18. The molecule has 0 amide bonds. The number of benzene rings is 3. The Bertz CT molecular complexity index is 1450. The Kier molecular flexibility index (Phi) is 9.35. The van der Waals surface area contributed by atoms with Gasteiger partial charge in [-0.15, -0.1) is 0 Å². The van der Waals surface area contributed by atoms with Gasteiger partial charge in [0.25, 0.3) is 0 Å². The van der Waals surface area contributed by atoms with Gasteiger partial charge >= 0.3 is 5.97 Å². The summed E-state index contributed by atoms with van der Waals surface area (Å²) in [5.41, 5.74) is 3.08. The van der Waals surface area contributed by atoms with Crippen molar-refractivity contribution in [3.63, 3.8) is 0 Å². The molecule has 204 valence electrons. The van der Waals surface area contributed by atoms with Crippen LogP contribution in [0.4, 0.5) is 5.69 Å². The number of aliphatic carboxylic acids is 1. The van der Waals surface area contributed by atoms with Crippen molar-refractivity contribution in [3.8, 4) is 5.75 Å². The predicted octanol–water partition coefficient (Wildman–Crippen LogP) is 4.85. The zero-order valence-electron chi connectivity index (χ0n) is 21.6. The summed E-state index contributed by atoms with van der Waals surface area (Å²) < 4.78 is 38.7. The lowest BCUT2D eigenvalue weighted by Gasteiger charge is -2.31. The highest BCUT2D eigenvalue weighted by Crippen LogP contribution is 2.29. The molecule has 10 heteroatoms. The molecular formula is C29H31N3O6S. The van der Waals surface area contributed by atoms with Gasteiger partial charge in [-0.1, -0.05) is 66.7 Å². The highest BCUT2D eigenvalue weighted by molar-refractivity contribution is 7.89. The smallest absolute Gasteiger partial charge is 0.318 e. The van der Waals surface area contributed by atoms with Crippen LogP contribution in [0.2, 0.25) is 0 Å². The fourth-order valence-electron chi connectivity index (χ4n) is 4.14. The molecule has 1 unspecified atom stereocenters. The molecule has 0 fully saturated rings. The van der Waals surface area contributed by atoms with Crippen molar-refractivity contribution in [1.82, 2.24) is 9.29 Å². The second-order valence-corrected chi connectivity index (χ2v) is 11.1. The SMILES string of the molecule is Cc1ocnc1COc1cccc(CN(CC(=O)O)S(=O)(=O)C2CCc3ccccc3N2)c1.c1ccccc1. The molecular weight excluding hydrogens is 518 g/mol. The normalized spacial score (nSPS) is 14.5. The quantitative estimate of drug-likeness (QED) is 0.304. The first-order chi connectivity index (χ1) is 18.8. The van der Waals surface area contributed by atoms with Gasteiger partial charge in [0.2, 0.25) is 10.0 Å². The maximum Gasteiger partial charge on any atom is 0.318 e. The van der Waals surface area contributed by atoms with E-state index in [1.54, 1.807) is 31.2 Å². The molecule has 1 aromatic heterocycles. The number of anilines is 1. The van der Waals surface area contributed by atoms with Crippen molar-refractivity contribution in [3.05, 3.63) is 114 Å². The molecule has 9 nitrogen and oxygen atoms in total. The zero-order valence-corrected chi connectivity index (χ0v) is 22.4. The summed E-state index contributed by atoms with van der Waals surface area (Å²) in [6.45, 7) is 1.27. The standard InChI is InChI=1S/C23H25N3O6S.C6H6/c1-16-21(24-15-32-16)14-31-19-7-4-5-17(11-19)12-26(13-23(27)28)33(29,30)22-10-9-18-6-2-3-8-20(18)25-22;1-2-4-6-5-3-1/h2-8,11,15,22,25H,9-10,12-14H2,1H3,(H,27,28);1-6H. The van der Waals surface area contributed by atoms with Crippen LogP contribution in [0.15, 0.2) is 95.7 Å². The van der Waals surface area contributed by atoms with Crippen LogP contribution in [0.3, 0.4) is 0 Å². The molecule has 0 aliphatic carbocycles. The number of oxazole rings is 1. The second kappa shape index (κ2) is 13.1. The number of ether oxygens (including phenoxy) is 1. The molecule has 0 saturated carbocycles. The molecule has 1 atom stereocenters. The van der Waals surface area contributed by atoms with E-state index in [2.05, 4.69) is 10.3 Å². The Hall–Kier alpha value is -4.15. The number of aromatic nitrogens is 1. The van der Waals surface area contributed by atoms with E-state index < -0.39 is 27.9 Å². The molecule has 0 saturated heterocycles. The topological polar surface area (TPSA) is 122 Å². The van der Waals surface area contributed by atoms with Gasteiger partial charge < -0.3 is 19.6 Å².